The molecule has 45 heavy (non-hydrogen) atoms. The molecule has 1 aliphatic heterocycles. The number of aliphatic hydroxyl groups excluding tert-OH is 1. The van der Waals surface area contributed by atoms with Crippen LogP contribution >= 0.6 is 0 Å². The van der Waals surface area contributed by atoms with Crippen LogP contribution in [0.25, 0.3) is 10.8 Å². The number of amides is 3. The zero-order valence-corrected chi connectivity index (χ0v) is 25.9. The van der Waals surface area contributed by atoms with Gasteiger partial charge in [-0.1, -0.05) is 43.3 Å². The van der Waals surface area contributed by atoms with Gasteiger partial charge in [-0.3, -0.25) is 9.52 Å². The summed E-state index contributed by atoms with van der Waals surface area (Å²) in [6.07, 6.45) is -0.560. The van der Waals surface area contributed by atoms with E-state index < -0.39 is 33.9 Å². The van der Waals surface area contributed by atoms with Crippen LogP contribution in [0.4, 0.5) is 20.6 Å². The van der Waals surface area contributed by atoms with E-state index in [0.29, 0.717) is 5.69 Å². The van der Waals surface area contributed by atoms with Crippen molar-refractivity contribution in [3.63, 3.8) is 0 Å². The highest BCUT2D eigenvalue weighted by Gasteiger charge is 2.34. The van der Waals surface area contributed by atoms with E-state index in [1.165, 1.54) is 28.0 Å². The van der Waals surface area contributed by atoms with Gasteiger partial charge in [0.1, 0.15) is 17.7 Å². The van der Waals surface area contributed by atoms with Gasteiger partial charge in [0.25, 0.3) is 15.9 Å². The zero-order chi connectivity index (χ0) is 32.3. The summed E-state index contributed by atoms with van der Waals surface area (Å²) < 4.78 is 48.1. The number of aliphatic hydroxyl groups is 1. The third kappa shape index (κ3) is 7.02. The van der Waals surface area contributed by atoms with E-state index in [4.69, 9.17) is 4.74 Å². The molecule has 12 heteroatoms. The summed E-state index contributed by atoms with van der Waals surface area (Å²) in [5.41, 5.74) is 0.865. The fourth-order valence-corrected chi connectivity index (χ4v) is 6.28. The molecule has 1 aliphatic rings. The number of urea groups is 1. The van der Waals surface area contributed by atoms with Gasteiger partial charge in [-0.05, 0) is 60.8 Å². The van der Waals surface area contributed by atoms with Gasteiger partial charge in [0.15, 0.2) is 0 Å². The summed E-state index contributed by atoms with van der Waals surface area (Å²) in [4.78, 5) is 29.9. The van der Waals surface area contributed by atoms with E-state index in [2.05, 4.69) is 10.0 Å². The Morgan fingerprint density at radius 2 is 1.80 bits per heavy atom. The van der Waals surface area contributed by atoms with Crippen LogP contribution in [0.3, 0.4) is 0 Å². The molecule has 0 aromatic heterocycles. The second-order valence-electron chi connectivity index (χ2n) is 11.2. The van der Waals surface area contributed by atoms with E-state index >= 15 is 0 Å². The van der Waals surface area contributed by atoms with Crippen molar-refractivity contribution in [1.29, 1.82) is 0 Å². The minimum absolute atomic E-state index is 0.0920. The molecule has 3 N–H and O–H groups in total. The number of ether oxygens (including phenoxy) is 1. The first-order chi connectivity index (χ1) is 21.5. The molecule has 3 atom stereocenters. The summed E-state index contributed by atoms with van der Waals surface area (Å²) in [6, 6.07) is 21.2. The van der Waals surface area contributed by atoms with Crippen molar-refractivity contribution in [2.45, 2.75) is 30.9 Å². The van der Waals surface area contributed by atoms with E-state index in [9.17, 15) is 27.5 Å². The van der Waals surface area contributed by atoms with Gasteiger partial charge >= 0.3 is 6.03 Å². The number of likely N-dealkylation sites (N-methyl/N-ethyl adjacent to an activating group) is 1. The Kier molecular flexibility index (Phi) is 9.26. The van der Waals surface area contributed by atoms with Crippen LogP contribution in [0, 0.1) is 11.7 Å². The zero-order valence-electron chi connectivity index (χ0n) is 25.1. The molecule has 0 saturated heterocycles. The quantitative estimate of drug-likeness (QED) is 0.246. The Balaban J connectivity index is 1.40. The van der Waals surface area contributed by atoms with Crippen molar-refractivity contribution in [3.8, 4) is 5.75 Å². The third-order valence-corrected chi connectivity index (χ3v) is 9.27. The Bertz CT molecular complexity index is 1810. The third-order valence-electron chi connectivity index (χ3n) is 7.87. The maximum Gasteiger partial charge on any atom is 0.321 e. The number of sulfonamides is 1. The number of nitrogens with one attached hydrogen (secondary N) is 2. The van der Waals surface area contributed by atoms with E-state index in [0.717, 1.165) is 35.0 Å². The molecule has 0 aliphatic carbocycles. The Morgan fingerprint density at radius 1 is 1.09 bits per heavy atom. The number of hydrogen-bond acceptors (Lipinski definition) is 6. The normalized spacial score (nSPS) is 17.4. The minimum atomic E-state index is -4.08. The molecule has 0 saturated carbocycles. The molecule has 236 valence electrons. The number of carbonyl (C=O) groups excluding carboxylic acids is 2. The van der Waals surface area contributed by atoms with E-state index in [-0.39, 0.29) is 53.5 Å². The molecule has 5 rings (SSSR count). The van der Waals surface area contributed by atoms with Gasteiger partial charge in [0.05, 0.1) is 35.3 Å². The molecule has 1 heterocycles. The summed E-state index contributed by atoms with van der Waals surface area (Å²) in [5.74, 6) is -1.06. The van der Waals surface area contributed by atoms with Crippen molar-refractivity contribution in [3.05, 3.63) is 96.3 Å². The van der Waals surface area contributed by atoms with E-state index in [1.54, 1.807) is 14.0 Å². The van der Waals surface area contributed by atoms with E-state index in [1.807, 2.05) is 49.4 Å². The molecule has 0 radical (unpaired) electrons. The fourth-order valence-electron chi connectivity index (χ4n) is 5.23. The average Bonchev–Trinajstić information content (AvgIpc) is 3.02. The number of rotatable bonds is 8. The van der Waals surface area contributed by atoms with Gasteiger partial charge in [-0.25, -0.2) is 17.6 Å². The largest absolute Gasteiger partial charge is 0.487 e. The van der Waals surface area contributed by atoms with Gasteiger partial charge in [0.2, 0.25) is 0 Å². The molecular weight excluding hydrogens is 599 g/mol. The maximum absolute atomic E-state index is 13.7. The lowest BCUT2D eigenvalue weighted by atomic mass is 9.99. The Labute approximate surface area is 261 Å². The Hall–Kier alpha value is -4.68. The number of hydrogen-bond donors (Lipinski definition) is 3. The maximum atomic E-state index is 13.7. The second kappa shape index (κ2) is 13.1. The topological polar surface area (TPSA) is 128 Å². The molecule has 0 unspecified atom stereocenters. The van der Waals surface area contributed by atoms with Gasteiger partial charge in [-0.15, -0.1) is 0 Å². The lowest BCUT2D eigenvalue weighted by molar-refractivity contribution is 0.0371. The van der Waals surface area contributed by atoms with Crippen LogP contribution in [0.15, 0.2) is 89.8 Å². The second-order valence-corrected chi connectivity index (χ2v) is 12.9. The van der Waals surface area contributed by atoms with Crippen LogP contribution in [0.1, 0.15) is 24.2 Å². The SMILES string of the molecule is C[C@@H]1CN([C@@H](C)CO)C(=O)c2cc(NS(=O)(=O)c3ccc(F)cc3)ccc2O[C@@H]1CN(C)C(=O)Nc1cccc2ccccc12. The van der Waals surface area contributed by atoms with Gasteiger partial charge in [-0.2, -0.15) is 0 Å². The smallest absolute Gasteiger partial charge is 0.321 e. The highest BCUT2D eigenvalue weighted by atomic mass is 32.2. The highest BCUT2D eigenvalue weighted by Crippen LogP contribution is 2.32. The van der Waals surface area contributed by atoms with Crippen molar-refractivity contribution >= 4 is 44.1 Å². The van der Waals surface area contributed by atoms with Crippen LogP contribution < -0.4 is 14.8 Å². The first-order valence-corrected chi connectivity index (χ1v) is 16.0. The lowest BCUT2D eigenvalue weighted by Crippen LogP contribution is -2.50. The number of fused-ring (bicyclic) bond motifs is 2. The predicted molar refractivity (Wildman–Crippen MR) is 170 cm³/mol. The van der Waals surface area contributed by atoms with Crippen molar-refractivity contribution < 1.29 is 32.2 Å². The summed E-state index contributed by atoms with van der Waals surface area (Å²) in [5, 5.41) is 14.8. The monoisotopic (exact) mass is 634 g/mol. The number of benzene rings is 4. The summed E-state index contributed by atoms with van der Waals surface area (Å²) in [6.45, 7) is 3.72. The first kappa shape index (κ1) is 31.7. The number of carbonyl (C=O) groups is 2. The average molecular weight is 635 g/mol. The Morgan fingerprint density at radius 3 is 2.53 bits per heavy atom. The standard InChI is InChI=1S/C33H35FN4O6S/c1-21-18-38(22(2)20-39)32(40)28-17-25(36-45(42,43)26-14-11-24(34)12-15-26)13-16-30(28)44-31(21)19-37(3)33(41)35-29-10-6-8-23-7-4-5-9-27(23)29/h4-17,21-22,31,36,39H,18-20H2,1-3H3,(H,35,41)/t21-,22+,31-/m1/s1. The van der Waals surface area contributed by atoms with Crippen molar-refractivity contribution in [1.82, 2.24) is 9.80 Å². The van der Waals surface area contributed by atoms with Crippen molar-refractivity contribution in [2.24, 2.45) is 5.92 Å². The van der Waals surface area contributed by atoms with Gasteiger partial charge < -0.3 is 25.0 Å². The number of anilines is 2. The van der Waals surface area contributed by atoms with Crippen LogP contribution in [0.5, 0.6) is 5.75 Å². The molecule has 3 amide bonds. The molecule has 0 spiro atoms. The first-order valence-electron chi connectivity index (χ1n) is 14.5. The number of nitrogens with zero attached hydrogens (tertiary/aromatic N) is 2. The molecular formula is C33H35FN4O6S. The van der Waals surface area contributed by atoms with Crippen LogP contribution in [-0.2, 0) is 10.0 Å². The lowest BCUT2D eigenvalue weighted by Gasteiger charge is -2.38. The minimum Gasteiger partial charge on any atom is -0.487 e. The molecule has 4 aromatic rings. The molecule has 4 aromatic carbocycles. The fraction of sp³-hybridized carbons (Fsp3) is 0.273. The molecule has 0 bridgehead atoms. The summed E-state index contributed by atoms with van der Waals surface area (Å²) >= 11 is 0. The van der Waals surface area contributed by atoms with Crippen molar-refractivity contribution in [2.75, 3.05) is 36.8 Å². The van der Waals surface area contributed by atoms with Crippen LogP contribution in [-0.4, -0.2) is 74.2 Å². The highest BCUT2D eigenvalue weighted by molar-refractivity contribution is 7.92. The van der Waals surface area contributed by atoms with Crippen LogP contribution in [0.2, 0.25) is 0 Å². The summed E-state index contributed by atoms with van der Waals surface area (Å²) in [7, 11) is -2.43. The number of halogens is 1. The predicted octanol–water partition coefficient (Wildman–Crippen LogP) is 5.16. The van der Waals surface area contributed by atoms with Gasteiger partial charge in [0, 0.05) is 30.6 Å². The molecule has 10 nitrogen and oxygen atoms in total. The molecule has 0 fully saturated rings.